The van der Waals surface area contributed by atoms with Crippen LogP contribution in [0.2, 0.25) is 10.0 Å². The molecule has 4 aliphatic carbocycles. The molecule has 6 atom stereocenters. The van der Waals surface area contributed by atoms with Crippen LogP contribution in [0.1, 0.15) is 64.4 Å². The van der Waals surface area contributed by atoms with Gasteiger partial charge in [-0.3, -0.25) is 4.79 Å². The molecule has 0 radical (unpaired) electrons. The molecular formula is C26H30Cl2O2. The van der Waals surface area contributed by atoms with Crippen molar-refractivity contribution in [2.75, 3.05) is 0 Å². The molecular weight excluding hydrogens is 415 g/mol. The van der Waals surface area contributed by atoms with E-state index in [9.17, 15) is 9.90 Å². The Hall–Kier alpha value is -1.09. The summed E-state index contributed by atoms with van der Waals surface area (Å²) < 4.78 is 0. The molecule has 0 heterocycles. The third kappa shape index (κ3) is 3.05. The van der Waals surface area contributed by atoms with E-state index in [1.54, 1.807) is 6.07 Å². The maximum absolute atomic E-state index is 13.5. The fourth-order valence-electron chi connectivity index (χ4n) is 7.25. The first-order chi connectivity index (χ1) is 14.2. The van der Waals surface area contributed by atoms with E-state index < -0.39 is 0 Å². The van der Waals surface area contributed by atoms with Crippen molar-refractivity contribution in [3.8, 4) is 0 Å². The third-order valence-corrected chi connectivity index (χ3v) is 9.57. The van der Waals surface area contributed by atoms with Crippen LogP contribution in [-0.2, 0) is 4.79 Å². The monoisotopic (exact) mass is 444 g/mol. The van der Waals surface area contributed by atoms with Crippen LogP contribution in [0.4, 0.5) is 0 Å². The van der Waals surface area contributed by atoms with E-state index >= 15 is 0 Å². The van der Waals surface area contributed by atoms with Gasteiger partial charge in [0.2, 0.25) is 0 Å². The molecule has 4 aliphatic rings. The number of hydrogen-bond donors (Lipinski definition) is 1. The molecule has 0 aromatic heterocycles. The topological polar surface area (TPSA) is 37.3 Å². The van der Waals surface area contributed by atoms with Gasteiger partial charge in [0, 0.05) is 15.5 Å². The molecule has 1 N–H and O–H groups in total. The summed E-state index contributed by atoms with van der Waals surface area (Å²) in [6.07, 6.45) is 11.0. The van der Waals surface area contributed by atoms with Gasteiger partial charge in [0.05, 0.1) is 6.10 Å². The molecule has 160 valence electrons. The van der Waals surface area contributed by atoms with Gasteiger partial charge in [0.1, 0.15) is 0 Å². The van der Waals surface area contributed by atoms with Gasteiger partial charge in [-0.25, -0.2) is 0 Å². The maximum Gasteiger partial charge on any atom is 0.165 e. The summed E-state index contributed by atoms with van der Waals surface area (Å²) in [4.78, 5) is 13.5. The van der Waals surface area contributed by atoms with Gasteiger partial charge >= 0.3 is 0 Å². The molecule has 4 heteroatoms. The number of rotatable bonds is 1. The van der Waals surface area contributed by atoms with E-state index in [0.717, 1.165) is 56.1 Å². The van der Waals surface area contributed by atoms with E-state index in [-0.39, 0.29) is 16.9 Å². The number of fused-ring (bicyclic) bond motifs is 5. The number of ketones is 1. The van der Waals surface area contributed by atoms with Crippen LogP contribution in [0.25, 0.3) is 6.08 Å². The minimum Gasteiger partial charge on any atom is -0.393 e. The average Bonchev–Trinajstić information content (AvgIpc) is 2.95. The quantitative estimate of drug-likeness (QED) is 0.378. The summed E-state index contributed by atoms with van der Waals surface area (Å²) in [6.45, 7) is 4.62. The van der Waals surface area contributed by atoms with E-state index in [0.29, 0.717) is 33.6 Å². The summed E-state index contributed by atoms with van der Waals surface area (Å²) in [5, 5.41) is 11.4. The van der Waals surface area contributed by atoms with Gasteiger partial charge in [0.15, 0.2) is 5.78 Å². The highest BCUT2D eigenvalue weighted by molar-refractivity contribution is 6.35. The zero-order chi connectivity index (χ0) is 21.3. The minimum absolute atomic E-state index is 0.179. The van der Waals surface area contributed by atoms with Gasteiger partial charge < -0.3 is 5.11 Å². The SMILES string of the molecule is C[C@]12CC[C@@H](O)CC1=CC[C@H]1[C@H]2CC[C@]2(C)C(=O)/C(=C/c3ccc(Cl)cc3Cl)C[C@H]12. The predicted octanol–water partition coefficient (Wildman–Crippen LogP) is 6.88. The van der Waals surface area contributed by atoms with Gasteiger partial charge in [0.25, 0.3) is 0 Å². The lowest BCUT2D eigenvalue weighted by Crippen LogP contribution is -2.50. The first-order valence-electron chi connectivity index (χ1n) is 11.3. The van der Waals surface area contributed by atoms with Crippen LogP contribution in [0.5, 0.6) is 0 Å². The fraction of sp³-hybridized carbons (Fsp3) is 0.577. The zero-order valence-corrected chi connectivity index (χ0v) is 19.3. The molecule has 0 unspecified atom stereocenters. The Morgan fingerprint density at radius 2 is 1.83 bits per heavy atom. The molecule has 1 aromatic carbocycles. The van der Waals surface area contributed by atoms with Gasteiger partial charge in [-0.2, -0.15) is 0 Å². The van der Waals surface area contributed by atoms with Crippen LogP contribution in [0.15, 0.2) is 35.4 Å². The van der Waals surface area contributed by atoms with Crippen molar-refractivity contribution in [1.82, 2.24) is 0 Å². The van der Waals surface area contributed by atoms with Crippen molar-refractivity contribution in [1.29, 1.82) is 0 Å². The van der Waals surface area contributed by atoms with Crippen molar-refractivity contribution in [3.05, 3.63) is 51.0 Å². The average molecular weight is 445 g/mol. The van der Waals surface area contributed by atoms with Crippen molar-refractivity contribution in [2.45, 2.75) is 64.9 Å². The number of allylic oxidation sites excluding steroid dienone is 2. The minimum atomic E-state index is -0.262. The summed E-state index contributed by atoms with van der Waals surface area (Å²) in [5.74, 6) is 1.87. The third-order valence-electron chi connectivity index (χ3n) is 9.01. The van der Waals surface area contributed by atoms with Crippen molar-refractivity contribution in [2.24, 2.45) is 28.6 Å². The van der Waals surface area contributed by atoms with Crippen molar-refractivity contribution >= 4 is 35.1 Å². The molecule has 30 heavy (non-hydrogen) atoms. The predicted molar refractivity (Wildman–Crippen MR) is 123 cm³/mol. The molecule has 0 aliphatic heterocycles. The second-order valence-corrected chi connectivity index (χ2v) is 11.3. The first kappa shape index (κ1) is 20.8. The second-order valence-electron chi connectivity index (χ2n) is 10.5. The molecule has 0 amide bonds. The van der Waals surface area contributed by atoms with E-state index in [1.165, 1.54) is 5.57 Å². The van der Waals surface area contributed by atoms with Crippen LogP contribution < -0.4 is 0 Å². The Kier molecular flexibility index (Phi) is 5.00. The number of aliphatic hydroxyl groups is 1. The highest BCUT2D eigenvalue weighted by atomic mass is 35.5. The van der Waals surface area contributed by atoms with E-state index in [1.807, 2.05) is 18.2 Å². The number of Topliss-reactive ketones (excluding diaryl/α,β-unsaturated/α-hetero) is 1. The normalized spacial score (nSPS) is 41.8. The van der Waals surface area contributed by atoms with E-state index in [4.69, 9.17) is 23.2 Å². The smallest absolute Gasteiger partial charge is 0.165 e. The molecule has 3 fully saturated rings. The lowest BCUT2D eigenvalue weighted by molar-refractivity contribution is -0.130. The first-order valence-corrected chi connectivity index (χ1v) is 12.1. The number of carbonyl (C=O) groups is 1. The van der Waals surface area contributed by atoms with Crippen LogP contribution in [0.3, 0.4) is 0 Å². The Morgan fingerprint density at radius 3 is 2.60 bits per heavy atom. The van der Waals surface area contributed by atoms with Gasteiger partial charge in [-0.15, -0.1) is 0 Å². The summed E-state index contributed by atoms with van der Waals surface area (Å²) >= 11 is 12.4. The van der Waals surface area contributed by atoms with Crippen molar-refractivity contribution < 1.29 is 9.90 Å². The summed E-state index contributed by atoms with van der Waals surface area (Å²) in [7, 11) is 0. The molecule has 2 nitrogen and oxygen atoms in total. The van der Waals surface area contributed by atoms with Crippen molar-refractivity contribution in [3.63, 3.8) is 0 Å². The molecule has 3 saturated carbocycles. The lowest BCUT2D eigenvalue weighted by Gasteiger charge is -2.56. The molecule has 0 bridgehead atoms. The van der Waals surface area contributed by atoms with Crippen LogP contribution in [0, 0.1) is 28.6 Å². The lowest BCUT2D eigenvalue weighted by atomic mass is 9.48. The standard InChI is InChI=1S/C26H30Cl2O2/c1-25-9-7-19(29)13-17(25)4-6-20-21(25)8-10-26(2)22(20)12-16(24(26)30)11-15-3-5-18(27)14-23(15)28/h3-5,11,14,19-22,29H,6-10,12-13H2,1-2H3/b16-11+/t19-,20+,21-,22-,25+,26+/m1/s1. The van der Waals surface area contributed by atoms with Crippen LogP contribution >= 0.6 is 23.2 Å². The number of halogens is 2. The van der Waals surface area contributed by atoms with E-state index in [2.05, 4.69) is 19.9 Å². The molecule has 0 saturated heterocycles. The summed E-state index contributed by atoms with van der Waals surface area (Å²) in [6, 6.07) is 5.48. The second kappa shape index (κ2) is 7.22. The maximum atomic E-state index is 13.5. The highest BCUT2D eigenvalue weighted by Crippen LogP contribution is 2.64. The highest BCUT2D eigenvalue weighted by Gasteiger charge is 2.59. The Labute approximate surface area is 189 Å². The number of hydrogen-bond acceptors (Lipinski definition) is 2. The van der Waals surface area contributed by atoms with Crippen LogP contribution in [-0.4, -0.2) is 17.0 Å². The number of benzene rings is 1. The van der Waals surface area contributed by atoms with Gasteiger partial charge in [-0.1, -0.05) is 54.8 Å². The molecule has 0 spiro atoms. The fourth-order valence-corrected chi connectivity index (χ4v) is 7.71. The Morgan fingerprint density at radius 1 is 1.07 bits per heavy atom. The molecule has 1 aromatic rings. The summed E-state index contributed by atoms with van der Waals surface area (Å²) in [5.41, 5.74) is 3.20. The molecule has 5 rings (SSSR count). The largest absolute Gasteiger partial charge is 0.393 e. The Balaban J connectivity index is 1.48. The Bertz CT molecular complexity index is 964. The number of carbonyl (C=O) groups excluding carboxylic acids is 1. The number of aliphatic hydroxyl groups excluding tert-OH is 1. The zero-order valence-electron chi connectivity index (χ0n) is 17.8. The van der Waals surface area contributed by atoms with Gasteiger partial charge in [-0.05, 0) is 97.5 Å².